The van der Waals surface area contributed by atoms with Gasteiger partial charge in [-0.05, 0) is 62.6 Å². The van der Waals surface area contributed by atoms with Crippen LogP contribution in [0, 0.1) is 17.8 Å². The fraction of sp³-hybridized carbons (Fsp3) is 0.667. The third-order valence-electron chi connectivity index (χ3n) is 9.34. The molecule has 2 aliphatic heterocycles. The van der Waals surface area contributed by atoms with Gasteiger partial charge in [0.2, 0.25) is 11.8 Å². The fourth-order valence-electron chi connectivity index (χ4n) is 7.20. The van der Waals surface area contributed by atoms with Crippen molar-refractivity contribution in [1.29, 1.82) is 0 Å². The Morgan fingerprint density at radius 2 is 1.57 bits per heavy atom. The molecule has 0 radical (unpaired) electrons. The van der Waals surface area contributed by atoms with Gasteiger partial charge in [-0.3, -0.25) is 9.59 Å². The van der Waals surface area contributed by atoms with Gasteiger partial charge in [0.1, 0.15) is 6.04 Å². The summed E-state index contributed by atoms with van der Waals surface area (Å²) >= 11 is 0. The van der Waals surface area contributed by atoms with Crippen LogP contribution in [0.25, 0.3) is 0 Å². The first-order chi connectivity index (χ1) is 19.4. The molecular formula is C30H42N4O6. The van der Waals surface area contributed by atoms with E-state index < -0.39 is 12.1 Å². The molecule has 10 heteroatoms. The molecule has 0 aromatic heterocycles. The number of carbonyl (C=O) groups is 3. The predicted octanol–water partition coefficient (Wildman–Crippen LogP) is 4.26. The summed E-state index contributed by atoms with van der Waals surface area (Å²) in [5.74, 6) is 1.26. The number of carbonyl (C=O) groups excluding carboxylic acids is 2. The van der Waals surface area contributed by atoms with Crippen LogP contribution >= 0.6 is 0 Å². The third-order valence-corrected chi connectivity index (χ3v) is 9.34. The number of carboxylic acid groups (broad SMARTS) is 1. The molecule has 10 nitrogen and oxygen atoms in total. The second kappa shape index (κ2) is 12.5. The van der Waals surface area contributed by atoms with Gasteiger partial charge >= 0.3 is 6.09 Å². The molecule has 3 fully saturated rings. The SMILES string of the molecule is COc1ccc(C2=NN(C3CCN(C(=O)[C@@H](NC(=O)O)C4CCCCC4)CC3)C(=O)[C@@H]3CCCC[C@H]23)cc1OC. The average Bonchev–Trinajstić information content (AvgIpc) is 3.00. The minimum atomic E-state index is -1.16. The van der Waals surface area contributed by atoms with Crippen molar-refractivity contribution in [2.45, 2.75) is 82.7 Å². The van der Waals surface area contributed by atoms with E-state index in [9.17, 15) is 19.5 Å². The van der Waals surface area contributed by atoms with E-state index in [-0.39, 0.29) is 35.6 Å². The number of hydrogen-bond acceptors (Lipinski definition) is 6. The first-order valence-corrected chi connectivity index (χ1v) is 14.8. The lowest BCUT2D eigenvalue weighted by Gasteiger charge is -2.44. The van der Waals surface area contributed by atoms with E-state index in [0.717, 1.165) is 69.1 Å². The van der Waals surface area contributed by atoms with Crippen LogP contribution in [0.1, 0.15) is 76.2 Å². The molecule has 40 heavy (non-hydrogen) atoms. The van der Waals surface area contributed by atoms with E-state index in [1.54, 1.807) is 24.1 Å². The van der Waals surface area contributed by atoms with Crippen LogP contribution in [-0.2, 0) is 9.59 Å². The van der Waals surface area contributed by atoms with Gasteiger partial charge in [-0.2, -0.15) is 5.10 Å². The van der Waals surface area contributed by atoms with Crippen molar-refractivity contribution in [1.82, 2.24) is 15.2 Å². The topological polar surface area (TPSA) is 121 Å². The van der Waals surface area contributed by atoms with Crippen LogP contribution in [0.5, 0.6) is 11.5 Å². The lowest BCUT2D eigenvalue weighted by atomic mass is 9.73. The maximum absolute atomic E-state index is 13.7. The molecule has 0 unspecified atom stereocenters. The Kier molecular flexibility index (Phi) is 8.81. The molecule has 0 spiro atoms. The van der Waals surface area contributed by atoms with Crippen molar-refractivity contribution in [2.75, 3.05) is 27.3 Å². The highest BCUT2D eigenvalue weighted by molar-refractivity contribution is 6.07. The Morgan fingerprint density at radius 3 is 2.23 bits per heavy atom. The number of benzene rings is 1. The summed E-state index contributed by atoms with van der Waals surface area (Å²) in [6, 6.07) is 5.01. The lowest BCUT2D eigenvalue weighted by Crippen LogP contribution is -2.57. The summed E-state index contributed by atoms with van der Waals surface area (Å²) in [6.07, 6.45) is 8.89. The van der Waals surface area contributed by atoms with Crippen LogP contribution in [0.4, 0.5) is 4.79 Å². The summed E-state index contributed by atoms with van der Waals surface area (Å²) in [5, 5.41) is 18.6. The summed E-state index contributed by atoms with van der Waals surface area (Å²) < 4.78 is 11.0. The molecule has 0 bridgehead atoms. The number of nitrogens with zero attached hydrogens (tertiary/aromatic N) is 3. The van der Waals surface area contributed by atoms with Crippen LogP contribution in [0.15, 0.2) is 23.3 Å². The van der Waals surface area contributed by atoms with Crippen LogP contribution in [0.2, 0.25) is 0 Å². The average molecular weight is 555 g/mol. The molecular weight excluding hydrogens is 512 g/mol. The van der Waals surface area contributed by atoms with Crippen molar-refractivity contribution in [3.8, 4) is 11.5 Å². The molecule has 1 aromatic rings. The Labute approximate surface area is 236 Å². The Hall–Kier alpha value is -3.30. The molecule has 4 aliphatic rings. The minimum Gasteiger partial charge on any atom is -0.493 e. The Bertz CT molecular complexity index is 1130. The summed E-state index contributed by atoms with van der Waals surface area (Å²) in [5.41, 5.74) is 1.86. The monoisotopic (exact) mass is 554 g/mol. The molecule has 1 saturated heterocycles. The largest absolute Gasteiger partial charge is 0.493 e. The van der Waals surface area contributed by atoms with Gasteiger partial charge in [0.25, 0.3) is 0 Å². The number of fused-ring (bicyclic) bond motifs is 1. The van der Waals surface area contributed by atoms with E-state index in [1.807, 2.05) is 18.2 Å². The van der Waals surface area contributed by atoms with Crippen LogP contribution < -0.4 is 14.8 Å². The quantitative estimate of drug-likeness (QED) is 0.520. The number of rotatable bonds is 7. The van der Waals surface area contributed by atoms with Gasteiger partial charge in [-0.1, -0.05) is 32.1 Å². The van der Waals surface area contributed by atoms with E-state index in [1.165, 1.54) is 0 Å². The van der Waals surface area contributed by atoms with Gasteiger partial charge in [0.15, 0.2) is 11.5 Å². The number of nitrogens with one attached hydrogen (secondary N) is 1. The van der Waals surface area contributed by atoms with Gasteiger partial charge in [0.05, 0.1) is 26.0 Å². The third kappa shape index (κ3) is 5.76. The molecule has 3 amide bonds. The molecule has 2 heterocycles. The number of piperidine rings is 1. The van der Waals surface area contributed by atoms with Crippen molar-refractivity contribution < 1.29 is 29.0 Å². The van der Waals surface area contributed by atoms with E-state index >= 15 is 0 Å². The fourth-order valence-corrected chi connectivity index (χ4v) is 7.20. The number of amides is 3. The van der Waals surface area contributed by atoms with Crippen molar-refractivity contribution in [3.63, 3.8) is 0 Å². The Morgan fingerprint density at radius 1 is 0.925 bits per heavy atom. The second-order valence-corrected chi connectivity index (χ2v) is 11.6. The maximum atomic E-state index is 13.7. The van der Waals surface area contributed by atoms with Crippen molar-refractivity contribution in [3.05, 3.63) is 23.8 Å². The Balaban J connectivity index is 1.34. The second-order valence-electron chi connectivity index (χ2n) is 11.6. The van der Waals surface area contributed by atoms with Gasteiger partial charge < -0.3 is 24.8 Å². The maximum Gasteiger partial charge on any atom is 0.405 e. The van der Waals surface area contributed by atoms with E-state index in [0.29, 0.717) is 37.4 Å². The van der Waals surface area contributed by atoms with Crippen molar-refractivity contribution >= 4 is 23.6 Å². The number of likely N-dealkylation sites (tertiary alicyclic amines) is 1. The standard InChI is InChI=1S/C30H42N4O6/c1-39-24-13-12-20(18-25(24)40-2)26-22-10-6-7-11-23(22)28(35)34(32-26)21-14-16-33(17-15-21)29(36)27(31-30(37)38)19-8-4-3-5-9-19/h12-13,18-19,21-23,27,31H,3-11,14-17H2,1-2H3,(H,37,38)/t22-,23+,27-/m0/s1. The number of methoxy groups -OCH3 is 2. The molecule has 1 aromatic carbocycles. The summed E-state index contributed by atoms with van der Waals surface area (Å²) in [7, 11) is 3.23. The number of ether oxygens (including phenoxy) is 2. The predicted molar refractivity (Wildman–Crippen MR) is 150 cm³/mol. The van der Waals surface area contributed by atoms with Crippen LogP contribution in [-0.4, -0.2) is 78.0 Å². The minimum absolute atomic E-state index is 0.0376. The summed E-state index contributed by atoms with van der Waals surface area (Å²) in [4.78, 5) is 40.5. The first-order valence-electron chi connectivity index (χ1n) is 14.8. The molecule has 2 saturated carbocycles. The normalized spacial score (nSPS) is 25.1. The first kappa shape index (κ1) is 28.2. The van der Waals surface area contributed by atoms with E-state index in [2.05, 4.69) is 5.32 Å². The van der Waals surface area contributed by atoms with Crippen molar-refractivity contribution in [2.24, 2.45) is 22.9 Å². The molecule has 3 atom stereocenters. The van der Waals surface area contributed by atoms with Gasteiger partial charge in [0, 0.05) is 30.5 Å². The number of hydrazone groups is 1. The highest BCUT2D eigenvalue weighted by Crippen LogP contribution is 2.40. The van der Waals surface area contributed by atoms with Crippen LogP contribution in [0.3, 0.4) is 0 Å². The highest BCUT2D eigenvalue weighted by Gasteiger charge is 2.44. The molecule has 2 aliphatic carbocycles. The zero-order valence-electron chi connectivity index (χ0n) is 23.6. The zero-order valence-corrected chi connectivity index (χ0v) is 23.6. The zero-order chi connectivity index (χ0) is 28.2. The summed E-state index contributed by atoms with van der Waals surface area (Å²) in [6.45, 7) is 0.959. The molecule has 218 valence electrons. The smallest absolute Gasteiger partial charge is 0.405 e. The molecule has 2 N–H and O–H groups in total. The van der Waals surface area contributed by atoms with Gasteiger partial charge in [-0.25, -0.2) is 9.80 Å². The lowest BCUT2D eigenvalue weighted by molar-refractivity contribution is -0.144. The van der Waals surface area contributed by atoms with Gasteiger partial charge in [-0.15, -0.1) is 0 Å². The number of hydrogen-bond donors (Lipinski definition) is 2. The van der Waals surface area contributed by atoms with E-state index in [4.69, 9.17) is 14.6 Å². The highest BCUT2D eigenvalue weighted by atomic mass is 16.5. The molecule has 5 rings (SSSR count).